The molecule has 3 nitrogen and oxygen atoms in total. The molecule has 0 radical (unpaired) electrons. The van der Waals surface area contributed by atoms with Crippen molar-refractivity contribution >= 4 is 17.3 Å². The van der Waals surface area contributed by atoms with Crippen LogP contribution >= 0.6 is 0 Å². The van der Waals surface area contributed by atoms with Gasteiger partial charge < -0.3 is 4.90 Å². The smallest absolute Gasteiger partial charge is 0.259 e. The van der Waals surface area contributed by atoms with E-state index >= 15 is 0 Å². The summed E-state index contributed by atoms with van der Waals surface area (Å²) in [5.74, 6) is 0.630. The molecule has 1 amide bonds. The molecule has 1 aromatic rings. The molecule has 3 heteroatoms. The summed E-state index contributed by atoms with van der Waals surface area (Å²) in [6, 6.07) is 6.14. The molecule has 2 rings (SSSR count). The van der Waals surface area contributed by atoms with E-state index in [9.17, 15) is 4.79 Å². The van der Waals surface area contributed by atoms with Crippen molar-refractivity contribution in [2.75, 3.05) is 16.3 Å². The summed E-state index contributed by atoms with van der Waals surface area (Å²) in [6.45, 7) is 14.5. The van der Waals surface area contributed by atoms with E-state index in [0.717, 1.165) is 35.7 Å². The number of aryl methyl sites for hydroxylation is 1. The van der Waals surface area contributed by atoms with Crippen LogP contribution in [0.2, 0.25) is 0 Å². The molecule has 0 saturated carbocycles. The van der Waals surface area contributed by atoms with Gasteiger partial charge in [0.2, 0.25) is 0 Å². The Morgan fingerprint density at radius 2 is 2.00 bits per heavy atom. The van der Waals surface area contributed by atoms with Crippen LogP contribution in [0.1, 0.15) is 25.8 Å². The molecular formula is C16H20N2O. The van der Waals surface area contributed by atoms with Gasteiger partial charge in [-0.05, 0) is 38.0 Å². The normalized spacial score (nSPS) is 13.7. The van der Waals surface area contributed by atoms with Gasteiger partial charge in [0.1, 0.15) is 5.82 Å². The van der Waals surface area contributed by atoms with E-state index in [-0.39, 0.29) is 5.91 Å². The Morgan fingerprint density at radius 1 is 1.32 bits per heavy atom. The number of hydrogen-bond acceptors (Lipinski definition) is 2. The van der Waals surface area contributed by atoms with Crippen molar-refractivity contribution in [3.63, 3.8) is 0 Å². The van der Waals surface area contributed by atoms with Crippen molar-refractivity contribution in [2.45, 2.75) is 27.2 Å². The van der Waals surface area contributed by atoms with Crippen molar-refractivity contribution in [3.8, 4) is 0 Å². The fraction of sp³-hybridized carbons (Fsp3) is 0.312. The lowest BCUT2D eigenvalue weighted by Crippen LogP contribution is -2.33. The zero-order valence-electron chi connectivity index (χ0n) is 11.9. The Kier molecular flexibility index (Phi) is 3.47. The summed E-state index contributed by atoms with van der Waals surface area (Å²) in [5.41, 5.74) is 3.61. The lowest BCUT2D eigenvalue weighted by atomic mass is 10.1. The number of benzene rings is 1. The van der Waals surface area contributed by atoms with E-state index in [1.807, 2.05) is 13.0 Å². The summed E-state index contributed by atoms with van der Waals surface area (Å²) in [4.78, 5) is 16.1. The average molecular weight is 256 g/mol. The number of fused-ring (bicyclic) bond motifs is 1. The molecule has 19 heavy (non-hydrogen) atoms. The Hall–Kier alpha value is -2.03. The fourth-order valence-electron chi connectivity index (χ4n) is 2.33. The van der Waals surface area contributed by atoms with Crippen LogP contribution in [0.4, 0.5) is 11.4 Å². The average Bonchev–Trinajstić information content (AvgIpc) is 2.61. The number of anilines is 2. The number of rotatable bonds is 3. The predicted molar refractivity (Wildman–Crippen MR) is 80.3 cm³/mol. The SMILES string of the molecule is C=C(C)C(=O)N1C(=C)N(CCC)c2ccc(C)cc21. The van der Waals surface area contributed by atoms with Crippen LogP contribution in [0.3, 0.4) is 0 Å². The maximum absolute atomic E-state index is 12.3. The Morgan fingerprint density at radius 3 is 2.58 bits per heavy atom. The molecule has 0 bridgehead atoms. The Balaban J connectivity index is 2.53. The molecule has 100 valence electrons. The maximum atomic E-state index is 12.3. The second kappa shape index (κ2) is 4.92. The maximum Gasteiger partial charge on any atom is 0.259 e. The van der Waals surface area contributed by atoms with Crippen molar-refractivity contribution in [1.82, 2.24) is 0 Å². The van der Waals surface area contributed by atoms with Gasteiger partial charge in [0.05, 0.1) is 11.4 Å². The monoisotopic (exact) mass is 256 g/mol. The molecule has 1 aromatic carbocycles. The van der Waals surface area contributed by atoms with Gasteiger partial charge in [-0.15, -0.1) is 0 Å². The van der Waals surface area contributed by atoms with Gasteiger partial charge in [0.25, 0.3) is 5.91 Å². The highest BCUT2D eigenvalue weighted by atomic mass is 16.2. The van der Waals surface area contributed by atoms with Gasteiger partial charge in [-0.25, -0.2) is 0 Å². The summed E-state index contributed by atoms with van der Waals surface area (Å²) in [6.07, 6.45) is 1.00. The Labute approximate surface area is 114 Å². The van der Waals surface area contributed by atoms with E-state index in [1.54, 1.807) is 11.8 Å². The van der Waals surface area contributed by atoms with Gasteiger partial charge in [-0.3, -0.25) is 9.69 Å². The molecule has 0 saturated heterocycles. The summed E-state index contributed by atoms with van der Waals surface area (Å²) in [7, 11) is 0. The predicted octanol–water partition coefficient (Wildman–Crippen LogP) is 3.61. The zero-order chi connectivity index (χ0) is 14.2. The molecule has 0 N–H and O–H groups in total. The zero-order valence-corrected chi connectivity index (χ0v) is 11.9. The fourth-order valence-corrected chi connectivity index (χ4v) is 2.33. The third-order valence-electron chi connectivity index (χ3n) is 3.25. The molecule has 1 aliphatic heterocycles. The molecule has 0 unspecified atom stereocenters. The van der Waals surface area contributed by atoms with Gasteiger partial charge in [-0.2, -0.15) is 0 Å². The standard InChI is InChI=1S/C16H20N2O/c1-6-9-17-13(5)18(16(19)11(2)3)15-10-12(4)7-8-14(15)17/h7-8,10H,2,5-6,9H2,1,3-4H3. The van der Waals surface area contributed by atoms with Crippen LogP contribution in [0.15, 0.2) is 42.8 Å². The highest BCUT2D eigenvalue weighted by Gasteiger charge is 2.33. The number of hydrogen-bond donors (Lipinski definition) is 0. The third-order valence-corrected chi connectivity index (χ3v) is 3.25. The van der Waals surface area contributed by atoms with E-state index in [0.29, 0.717) is 5.57 Å². The van der Waals surface area contributed by atoms with E-state index in [4.69, 9.17) is 0 Å². The highest BCUT2D eigenvalue weighted by molar-refractivity contribution is 6.11. The van der Waals surface area contributed by atoms with Crippen molar-refractivity contribution in [1.29, 1.82) is 0 Å². The second-order valence-corrected chi connectivity index (χ2v) is 4.98. The number of carbonyl (C=O) groups is 1. The van der Waals surface area contributed by atoms with Gasteiger partial charge in [0, 0.05) is 12.1 Å². The number of nitrogens with zero attached hydrogens (tertiary/aromatic N) is 2. The number of amides is 1. The first-order valence-electron chi connectivity index (χ1n) is 6.54. The van der Waals surface area contributed by atoms with Crippen LogP contribution in [0, 0.1) is 6.92 Å². The minimum absolute atomic E-state index is 0.0875. The van der Waals surface area contributed by atoms with Crippen molar-refractivity contribution in [3.05, 3.63) is 48.3 Å². The second-order valence-electron chi connectivity index (χ2n) is 4.98. The van der Waals surface area contributed by atoms with Gasteiger partial charge >= 0.3 is 0 Å². The van der Waals surface area contributed by atoms with Crippen LogP contribution in [-0.4, -0.2) is 12.5 Å². The molecule has 0 fully saturated rings. The van der Waals surface area contributed by atoms with Crippen molar-refractivity contribution in [2.24, 2.45) is 0 Å². The quantitative estimate of drug-likeness (QED) is 0.771. The minimum atomic E-state index is -0.0875. The van der Waals surface area contributed by atoms with Gasteiger partial charge in [0.15, 0.2) is 0 Å². The van der Waals surface area contributed by atoms with Gasteiger partial charge in [-0.1, -0.05) is 26.1 Å². The van der Waals surface area contributed by atoms with Crippen LogP contribution in [-0.2, 0) is 4.79 Å². The highest BCUT2D eigenvalue weighted by Crippen LogP contribution is 2.42. The summed E-state index contributed by atoms with van der Waals surface area (Å²) >= 11 is 0. The molecule has 0 atom stereocenters. The third kappa shape index (κ3) is 2.16. The minimum Gasteiger partial charge on any atom is -0.326 e. The first-order valence-corrected chi connectivity index (χ1v) is 6.54. The lowest BCUT2D eigenvalue weighted by molar-refractivity contribution is -0.114. The molecule has 0 spiro atoms. The molecule has 0 aromatic heterocycles. The molecule has 1 aliphatic rings. The van der Waals surface area contributed by atoms with Crippen molar-refractivity contribution < 1.29 is 4.79 Å². The summed E-state index contributed by atoms with van der Waals surface area (Å²) < 4.78 is 0. The molecule has 0 aliphatic carbocycles. The van der Waals surface area contributed by atoms with Crippen LogP contribution < -0.4 is 9.80 Å². The molecule has 1 heterocycles. The summed E-state index contributed by atoms with van der Waals surface area (Å²) in [5, 5.41) is 0. The first-order chi connectivity index (χ1) is 8.97. The lowest BCUT2D eigenvalue weighted by Gasteiger charge is -2.22. The van der Waals surface area contributed by atoms with Crippen LogP contribution in [0.25, 0.3) is 0 Å². The first kappa shape index (κ1) is 13.4. The van der Waals surface area contributed by atoms with E-state index in [1.165, 1.54) is 0 Å². The molecular weight excluding hydrogens is 236 g/mol. The largest absolute Gasteiger partial charge is 0.326 e. The van der Waals surface area contributed by atoms with E-state index < -0.39 is 0 Å². The van der Waals surface area contributed by atoms with E-state index in [2.05, 4.69) is 37.1 Å². The Bertz CT molecular complexity index is 560. The van der Waals surface area contributed by atoms with Crippen LogP contribution in [0.5, 0.6) is 0 Å². The topological polar surface area (TPSA) is 23.6 Å². The number of carbonyl (C=O) groups excluding carboxylic acids is 1.